The Morgan fingerprint density at radius 3 is 2.62 bits per heavy atom. The highest BCUT2D eigenvalue weighted by Crippen LogP contribution is 2.43. The summed E-state index contributed by atoms with van der Waals surface area (Å²) < 4.78 is 48.6. The monoisotopic (exact) mass is 641 g/mol. The number of fused-ring (bicyclic) bond motifs is 4. The minimum Gasteiger partial charge on any atom is -0.366 e. The summed E-state index contributed by atoms with van der Waals surface area (Å²) in [5.74, 6) is -0.147. The Balaban J connectivity index is 1.35. The van der Waals surface area contributed by atoms with Crippen LogP contribution in [0, 0.1) is 0 Å². The lowest BCUT2D eigenvalue weighted by molar-refractivity contribution is -0.137. The van der Waals surface area contributed by atoms with E-state index in [1.165, 1.54) is 4.52 Å². The summed E-state index contributed by atoms with van der Waals surface area (Å²) >= 11 is 6.18. The predicted octanol–water partition coefficient (Wildman–Crippen LogP) is 5.09. The molecule has 2 atom stereocenters. The van der Waals surface area contributed by atoms with Crippen molar-refractivity contribution in [2.45, 2.75) is 57.5 Å². The highest BCUT2D eigenvalue weighted by Gasteiger charge is 2.40. The molecule has 1 amide bonds. The highest BCUT2D eigenvalue weighted by atomic mass is 35.5. The highest BCUT2D eigenvalue weighted by molar-refractivity contribution is 6.33. The zero-order chi connectivity index (χ0) is 31.8. The molecule has 45 heavy (non-hydrogen) atoms. The number of amides is 1. The smallest absolute Gasteiger partial charge is 0.366 e. The van der Waals surface area contributed by atoms with Gasteiger partial charge in [0.2, 0.25) is 11.7 Å². The number of alkyl halides is 3. The first-order valence-electron chi connectivity index (χ1n) is 14.8. The Kier molecular flexibility index (Phi) is 6.99. The minimum absolute atomic E-state index is 0.0561. The van der Waals surface area contributed by atoms with Crippen LogP contribution in [0.2, 0.25) is 5.02 Å². The molecule has 2 aromatic carbocycles. The summed E-state index contributed by atoms with van der Waals surface area (Å²) in [5.41, 5.74) is 2.35. The summed E-state index contributed by atoms with van der Waals surface area (Å²) in [6, 6.07) is 7.82. The SMILES string of the molecule is C[C@@H]1C[C@@H](C(=O)Nc2ccc(C(F)(F)F)cc2Cl)n2c1c(N1CCNCC1)c(=O)n1nc(-c3ccc4c(c3)COC4(C)C)nc21. The Morgan fingerprint density at radius 1 is 1.16 bits per heavy atom. The molecule has 0 saturated carbocycles. The van der Waals surface area contributed by atoms with Crippen molar-refractivity contribution < 1.29 is 22.7 Å². The number of carbonyl (C=O) groups excluding carboxylic acids is 1. The van der Waals surface area contributed by atoms with Crippen molar-refractivity contribution in [3.63, 3.8) is 0 Å². The number of aromatic nitrogens is 4. The molecule has 1 fully saturated rings. The van der Waals surface area contributed by atoms with E-state index in [4.69, 9.17) is 21.3 Å². The lowest BCUT2D eigenvalue weighted by Crippen LogP contribution is -2.46. The van der Waals surface area contributed by atoms with Crippen LogP contribution in [0.4, 0.5) is 24.5 Å². The summed E-state index contributed by atoms with van der Waals surface area (Å²) in [6.45, 7) is 8.99. The van der Waals surface area contributed by atoms with Crippen molar-refractivity contribution in [1.82, 2.24) is 24.5 Å². The van der Waals surface area contributed by atoms with Crippen molar-refractivity contribution >= 4 is 34.7 Å². The van der Waals surface area contributed by atoms with Gasteiger partial charge in [-0.15, -0.1) is 5.10 Å². The third-order valence-electron chi connectivity index (χ3n) is 8.95. The normalized spacial score (nSPS) is 20.8. The number of carbonyl (C=O) groups is 1. The van der Waals surface area contributed by atoms with Crippen LogP contribution in [-0.2, 0) is 27.9 Å². The van der Waals surface area contributed by atoms with Gasteiger partial charge in [0.05, 0.1) is 34.2 Å². The second-order valence-electron chi connectivity index (χ2n) is 12.3. The van der Waals surface area contributed by atoms with E-state index in [1.807, 2.05) is 43.9 Å². The Hall–Kier alpha value is -3.94. The lowest BCUT2D eigenvalue weighted by atomic mass is 9.94. The van der Waals surface area contributed by atoms with Gasteiger partial charge in [-0.1, -0.05) is 30.7 Å². The van der Waals surface area contributed by atoms with Crippen LogP contribution in [0.5, 0.6) is 0 Å². The van der Waals surface area contributed by atoms with Gasteiger partial charge in [-0.05, 0) is 55.7 Å². The largest absolute Gasteiger partial charge is 0.416 e. The van der Waals surface area contributed by atoms with Crippen molar-refractivity contribution in [1.29, 1.82) is 0 Å². The number of ether oxygens (including phenoxy) is 1. The second kappa shape index (κ2) is 10.6. The fraction of sp³-hybridized carbons (Fsp3) is 0.419. The quantitative estimate of drug-likeness (QED) is 0.320. The molecule has 2 N–H and O–H groups in total. The second-order valence-corrected chi connectivity index (χ2v) is 12.7. The van der Waals surface area contributed by atoms with E-state index < -0.39 is 29.3 Å². The molecule has 0 aliphatic carbocycles. The van der Waals surface area contributed by atoms with E-state index in [9.17, 15) is 22.8 Å². The number of hydrogen-bond donors (Lipinski definition) is 2. The van der Waals surface area contributed by atoms with Crippen molar-refractivity contribution in [2.75, 3.05) is 36.4 Å². The Labute approximate surface area is 261 Å². The van der Waals surface area contributed by atoms with Gasteiger partial charge in [-0.25, -0.2) is 0 Å². The van der Waals surface area contributed by atoms with Crippen LogP contribution in [0.3, 0.4) is 0 Å². The Morgan fingerprint density at radius 2 is 1.91 bits per heavy atom. The van der Waals surface area contributed by atoms with Crippen molar-refractivity contribution in [3.8, 4) is 11.4 Å². The third-order valence-corrected chi connectivity index (χ3v) is 9.26. The number of rotatable bonds is 4. The van der Waals surface area contributed by atoms with Gasteiger partial charge in [-0.3, -0.25) is 14.2 Å². The molecule has 0 unspecified atom stereocenters. The van der Waals surface area contributed by atoms with E-state index in [0.717, 1.165) is 29.3 Å². The summed E-state index contributed by atoms with van der Waals surface area (Å²) in [6.07, 6.45) is -4.23. The maximum atomic E-state index is 14.1. The average Bonchev–Trinajstić information content (AvgIpc) is 3.68. The molecule has 3 aliphatic rings. The van der Waals surface area contributed by atoms with Gasteiger partial charge in [0.1, 0.15) is 11.7 Å². The topological polar surface area (TPSA) is 106 Å². The van der Waals surface area contributed by atoms with Crippen LogP contribution < -0.4 is 21.1 Å². The molecule has 2 aromatic heterocycles. The van der Waals surface area contributed by atoms with Crippen LogP contribution in [0.15, 0.2) is 41.2 Å². The standard InChI is InChI=1S/C31H31ClF3N7O3/c1-16-12-23(27(43)37-22-7-5-19(14-21(22)32)31(33,34)35)41-24(16)25(40-10-8-36-9-11-40)28(44)42-29(41)38-26(39-42)17-4-6-20-18(13-17)15-45-30(20,2)3/h4-7,13-14,16,23,36H,8-12,15H2,1-3H3,(H,37,43)/t16-,23+/m1/s1. The maximum absolute atomic E-state index is 14.1. The molecule has 10 nitrogen and oxygen atoms in total. The number of hydrogen-bond acceptors (Lipinski definition) is 7. The number of nitrogens with one attached hydrogen (secondary N) is 2. The fourth-order valence-electron chi connectivity index (χ4n) is 6.67. The van der Waals surface area contributed by atoms with Gasteiger partial charge in [0, 0.05) is 37.7 Å². The molecule has 0 radical (unpaired) electrons. The van der Waals surface area contributed by atoms with E-state index in [1.54, 1.807) is 4.57 Å². The minimum atomic E-state index is -4.57. The zero-order valence-electron chi connectivity index (χ0n) is 24.8. The zero-order valence-corrected chi connectivity index (χ0v) is 25.6. The first kappa shape index (κ1) is 29.8. The first-order chi connectivity index (χ1) is 21.3. The van der Waals surface area contributed by atoms with Crippen LogP contribution in [0.25, 0.3) is 17.2 Å². The lowest BCUT2D eigenvalue weighted by Gasteiger charge is -2.31. The molecule has 5 heterocycles. The molecule has 0 spiro atoms. The number of benzene rings is 2. The van der Waals surface area contributed by atoms with E-state index in [-0.39, 0.29) is 28.0 Å². The van der Waals surface area contributed by atoms with Crippen LogP contribution >= 0.6 is 11.6 Å². The number of halogens is 4. The van der Waals surface area contributed by atoms with Gasteiger partial charge in [-0.2, -0.15) is 22.7 Å². The molecular weight excluding hydrogens is 611 g/mol. The van der Waals surface area contributed by atoms with Gasteiger partial charge >= 0.3 is 6.18 Å². The van der Waals surface area contributed by atoms with Crippen molar-refractivity contribution in [2.24, 2.45) is 0 Å². The molecule has 3 aliphatic heterocycles. The summed E-state index contributed by atoms with van der Waals surface area (Å²) in [5, 5.41) is 10.4. The van der Waals surface area contributed by atoms with Crippen LogP contribution in [0.1, 0.15) is 61.5 Å². The fourth-order valence-corrected chi connectivity index (χ4v) is 6.90. The van der Waals surface area contributed by atoms with Gasteiger partial charge in [0.15, 0.2) is 5.82 Å². The molecule has 4 aromatic rings. The summed E-state index contributed by atoms with van der Waals surface area (Å²) in [7, 11) is 0. The predicted molar refractivity (Wildman–Crippen MR) is 163 cm³/mol. The molecule has 14 heteroatoms. The van der Waals surface area contributed by atoms with E-state index >= 15 is 0 Å². The number of nitrogens with zero attached hydrogens (tertiary/aromatic N) is 5. The maximum Gasteiger partial charge on any atom is 0.416 e. The Bertz CT molecular complexity index is 1910. The van der Waals surface area contributed by atoms with Crippen molar-refractivity contribution in [3.05, 3.63) is 74.2 Å². The average molecular weight is 642 g/mol. The molecule has 7 rings (SSSR count). The molecular formula is C31H31ClF3N7O3. The van der Waals surface area contributed by atoms with Gasteiger partial charge < -0.3 is 20.3 Å². The van der Waals surface area contributed by atoms with E-state index in [2.05, 4.69) is 15.7 Å². The molecule has 1 saturated heterocycles. The third kappa shape index (κ3) is 4.97. The summed E-state index contributed by atoms with van der Waals surface area (Å²) in [4.78, 5) is 34.8. The van der Waals surface area contributed by atoms with E-state index in [0.29, 0.717) is 62.0 Å². The molecule has 0 bridgehead atoms. The van der Waals surface area contributed by atoms with Crippen LogP contribution in [-0.4, -0.2) is 51.3 Å². The van der Waals surface area contributed by atoms with Gasteiger partial charge in [0.25, 0.3) is 5.56 Å². The number of piperazine rings is 1. The number of anilines is 2. The first-order valence-corrected chi connectivity index (χ1v) is 15.2. The molecule has 236 valence electrons.